The number of rotatable bonds is 5. The number of anilines is 1. The Hall–Kier alpha value is -2.97. The van der Waals surface area contributed by atoms with E-state index < -0.39 is 5.60 Å². The van der Waals surface area contributed by atoms with E-state index in [1.54, 1.807) is 12.4 Å². The van der Waals surface area contributed by atoms with Gasteiger partial charge in [-0.2, -0.15) is 5.10 Å². The van der Waals surface area contributed by atoms with Crippen molar-refractivity contribution in [2.24, 2.45) is 5.92 Å². The minimum atomic E-state index is -0.500. The molecule has 0 aromatic carbocycles. The lowest BCUT2D eigenvalue weighted by atomic mass is 9.94. The van der Waals surface area contributed by atoms with Gasteiger partial charge in [-0.15, -0.1) is 0 Å². The molecule has 2 atom stereocenters. The number of carbonyl (C=O) groups is 2. The van der Waals surface area contributed by atoms with Gasteiger partial charge >= 0.3 is 5.97 Å². The lowest BCUT2D eigenvalue weighted by Gasteiger charge is -2.25. The van der Waals surface area contributed by atoms with Crippen LogP contribution < -0.4 is 4.90 Å². The van der Waals surface area contributed by atoms with E-state index in [1.165, 1.54) is 0 Å². The summed E-state index contributed by atoms with van der Waals surface area (Å²) in [5.74, 6) is -0.0567. The molecule has 30 heavy (non-hydrogen) atoms. The van der Waals surface area contributed by atoms with Crippen LogP contribution >= 0.6 is 0 Å². The Kier molecular flexibility index (Phi) is 5.21. The maximum absolute atomic E-state index is 13.1. The summed E-state index contributed by atoms with van der Waals surface area (Å²) in [6, 6.07) is 1.73. The van der Waals surface area contributed by atoms with E-state index in [2.05, 4.69) is 20.2 Å². The molecule has 0 unspecified atom stereocenters. The molecular formula is C21H28N6O3. The van der Waals surface area contributed by atoms with Crippen LogP contribution in [0.15, 0.2) is 18.5 Å². The predicted molar refractivity (Wildman–Crippen MR) is 111 cm³/mol. The minimum absolute atomic E-state index is 0.0191. The molecule has 9 heteroatoms. The molecule has 0 radical (unpaired) electrons. The average molecular weight is 412 g/mol. The van der Waals surface area contributed by atoms with Crippen molar-refractivity contribution in [1.29, 1.82) is 0 Å². The molecule has 0 saturated carbocycles. The van der Waals surface area contributed by atoms with Crippen LogP contribution in [-0.2, 0) is 14.3 Å². The Labute approximate surface area is 175 Å². The Morgan fingerprint density at radius 3 is 2.90 bits per heavy atom. The first kappa shape index (κ1) is 20.3. The Morgan fingerprint density at radius 2 is 2.20 bits per heavy atom. The quantitative estimate of drug-likeness (QED) is 0.752. The third kappa shape index (κ3) is 3.88. The highest BCUT2D eigenvalue weighted by atomic mass is 16.6. The molecule has 0 bridgehead atoms. The molecule has 4 heterocycles. The minimum Gasteiger partial charge on any atom is -0.459 e. The molecule has 9 nitrogen and oxygen atoms in total. The van der Waals surface area contributed by atoms with E-state index in [0.717, 1.165) is 29.8 Å². The van der Waals surface area contributed by atoms with Crippen molar-refractivity contribution in [1.82, 2.24) is 25.1 Å². The number of carbonyl (C=O) groups excluding carboxylic acids is 2. The van der Waals surface area contributed by atoms with Gasteiger partial charge in [0.05, 0.1) is 29.5 Å². The Bertz CT molecular complexity index is 954. The van der Waals surface area contributed by atoms with Gasteiger partial charge in [0.25, 0.3) is 0 Å². The number of hydrogen-bond acceptors (Lipinski definition) is 7. The van der Waals surface area contributed by atoms with Gasteiger partial charge in [-0.1, -0.05) is 0 Å². The summed E-state index contributed by atoms with van der Waals surface area (Å²) in [6.45, 7) is 4.43. The number of cyclic esters (lactones) is 1. The number of esters is 1. The van der Waals surface area contributed by atoms with Crippen LogP contribution in [0, 0.1) is 5.92 Å². The molecule has 2 aromatic rings. The number of amides is 1. The SMILES string of the molecule is CN(C)c1nccc(-c2cn[nH]c2[C@H]2CCCN2C(=O)C[C@H]2CC(C)(C)OC2=O)n1. The normalized spacial score (nSPS) is 22.9. The first-order valence-corrected chi connectivity index (χ1v) is 10.3. The van der Waals surface area contributed by atoms with Crippen molar-refractivity contribution in [2.45, 2.75) is 51.2 Å². The van der Waals surface area contributed by atoms with Crippen molar-refractivity contribution in [3.63, 3.8) is 0 Å². The lowest BCUT2D eigenvalue weighted by molar-refractivity contribution is -0.150. The molecule has 2 aliphatic rings. The second-order valence-electron chi connectivity index (χ2n) is 8.86. The fourth-order valence-corrected chi connectivity index (χ4v) is 4.39. The number of hydrogen-bond donors (Lipinski definition) is 1. The summed E-state index contributed by atoms with van der Waals surface area (Å²) >= 11 is 0. The maximum Gasteiger partial charge on any atom is 0.310 e. The van der Waals surface area contributed by atoms with Crippen LogP contribution in [0.5, 0.6) is 0 Å². The van der Waals surface area contributed by atoms with Crippen molar-refractivity contribution in [2.75, 3.05) is 25.5 Å². The predicted octanol–water partition coefficient (Wildman–Crippen LogP) is 2.33. The number of H-pyrrole nitrogens is 1. The molecular weight excluding hydrogens is 384 g/mol. The first-order valence-electron chi connectivity index (χ1n) is 10.3. The van der Waals surface area contributed by atoms with Crippen molar-refractivity contribution in [3.05, 3.63) is 24.2 Å². The van der Waals surface area contributed by atoms with Gasteiger partial charge < -0.3 is 14.5 Å². The summed E-state index contributed by atoms with van der Waals surface area (Å²) in [4.78, 5) is 37.9. The highest BCUT2D eigenvalue weighted by molar-refractivity contribution is 5.85. The van der Waals surface area contributed by atoms with Gasteiger partial charge in [0, 0.05) is 45.2 Å². The maximum atomic E-state index is 13.1. The van der Waals surface area contributed by atoms with Gasteiger partial charge in [-0.25, -0.2) is 9.97 Å². The molecule has 2 aliphatic heterocycles. The highest BCUT2D eigenvalue weighted by Crippen LogP contribution is 2.38. The van der Waals surface area contributed by atoms with E-state index in [1.807, 2.05) is 43.8 Å². The van der Waals surface area contributed by atoms with Gasteiger partial charge in [-0.3, -0.25) is 14.7 Å². The van der Waals surface area contributed by atoms with Gasteiger partial charge in [0.1, 0.15) is 5.60 Å². The number of likely N-dealkylation sites (tertiary alicyclic amines) is 1. The molecule has 160 valence electrons. The summed E-state index contributed by atoms with van der Waals surface area (Å²) in [6.07, 6.45) is 5.96. The van der Waals surface area contributed by atoms with E-state index in [9.17, 15) is 9.59 Å². The fourth-order valence-electron chi connectivity index (χ4n) is 4.39. The highest BCUT2D eigenvalue weighted by Gasteiger charge is 2.43. The zero-order chi connectivity index (χ0) is 21.5. The average Bonchev–Trinajstić information content (AvgIpc) is 3.40. The molecule has 2 saturated heterocycles. The van der Waals surface area contributed by atoms with Crippen LogP contribution in [0.2, 0.25) is 0 Å². The second-order valence-corrected chi connectivity index (χ2v) is 8.86. The number of aromatic nitrogens is 4. The monoisotopic (exact) mass is 412 g/mol. The fraction of sp³-hybridized carbons (Fsp3) is 0.571. The van der Waals surface area contributed by atoms with Crippen LogP contribution in [0.3, 0.4) is 0 Å². The first-order chi connectivity index (χ1) is 14.2. The Balaban J connectivity index is 1.55. The van der Waals surface area contributed by atoms with Crippen LogP contribution in [-0.4, -0.2) is 63.2 Å². The van der Waals surface area contributed by atoms with Crippen LogP contribution in [0.4, 0.5) is 5.95 Å². The van der Waals surface area contributed by atoms with Gasteiger partial charge in [-0.05, 0) is 32.8 Å². The van der Waals surface area contributed by atoms with E-state index in [0.29, 0.717) is 18.9 Å². The van der Waals surface area contributed by atoms with Crippen LogP contribution in [0.25, 0.3) is 11.3 Å². The van der Waals surface area contributed by atoms with Crippen molar-refractivity contribution < 1.29 is 14.3 Å². The lowest BCUT2D eigenvalue weighted by Crippen LogP contribution is -2.33. The van der Waals surface area contributed by atoms with Crippen LogP contribution in [0.1, 0.15) is 51.3 Å². The van der Waals surface area contributed by atoms with Crippen molar-refractivity contribution >= 4 is 17.8 Å². The number of nitrogens with zero attached hydrogens (tertiary/aromatic N) is 5. The molecule has 1 N–H and O–H groups in total. The van der Waals surface area contributed by atoms with Gasteiger partial charge in [0.15, 0.2) is 0 Å². The topological polar surface area (TPSA) is 104 Å². The van der Waals surface area contributed by atoms with Crippen molar-refractivity contribution in [3.8, 4) is 11.3 Å². The third-order valence-corrected chi connectivity index (χ3v) is 5.76. The largest absolute Gasteiger partial charge is 0.459 e. The molecule has 0 spiro atoms. The van der Waals surface area contributed by atoms with E-state index in [4.69, 9.17) is 4.74 Å². The summed E-state index contributed by atoms with van der Waals surface area (Å²) < 4.78 is 5.39. The van der Waals surface area contributed by atoms with Gasteiger partial charge in [0.2, 0.25) is 11.9 Å². The van der Waals surface area contributed by atoms with E-state index in [-0.39, 0.29) is 30.3 Å². The summed E-state index contributed by atoms with van der Waals surface area (Å²) in [5.41, 5.74) is 2.00. The van der Waals surface area contributed by atoms with E-state index >= 15 is 0 Å². The third-order valence-electron chi connectivity index (χ3n) is 5.76. The smallest absolute Gasteiger partial charge is 0.310 e. The molecule has 2 aromatic heterocycles. The number of nitrogens with one attached hydrogen (secondary N) is 1. The summed E-state index contributed by atoms with van der Waals surface area (Å²) in [7, 11) is 3.78. The standard InChI is InChI=1S/C21H28N6O3/c1-21(2)11-13(19(29)30-21)10-17(28)27-9-5-6-16(27)18-14(12-23-25-18)15-7-8-22-20(24-15)26(3)4/h7-8,12-13,16H,5-6,9-11H2,1-4H3,(H,23,25)/t13-,16+/m0/s1. The molecule has 2 fully saturated rings. The molecule has 1 amide bonds. The zero-order valence-corrected chi connectivity index (χ0v) is 17.9. The zero-order valence-electron chi connectivity index (χ0n) is 17.9. The summed E-state index contributed by atoms with van der Waals surface area (Å²) in [5, 5.41) is 7.32. The molecule has 0 aliphatic carbocycles. The Morgan fingerprint density at radius 1 is 1.40 bits per heavy atom. The number of ether oxygens (including phenoxy) is 1. The number of aromatic amines is 1. The second kappa shape index (κ2) is 7.70. The molecule has 4 rings (SSSR count).